The molecule has 0 saturated heterocycles. The van der Waals surface area contributed by atoms with Crippen LogP contribution in [-0.2, 0) is 27.2 Å². The van der Waals surface area contributed by atoms with Gasteiger partial charge in [0.1, 0.15) is 5.00 Å². The number of imide groups is 1. The Hall–Kier alpha value is -2.94. The molecule has 1 aliphatic rings. The van der Waals surface area contributed by atoms with Gasteiger partial charge in [0.15, 0.2) is 12.4 Å². The Balaban J connectivity index is 1.67. The number of aryl methyl sites for hydroxylation is 1. The number of furan rings is 1. The number of hydrogen-bond acceptors (Lipinski definition) is 7. The van der Waals surface area contributed by atoms with E-state index in [2.05, 4.69) is 10.6 Å². The molecule has 0 fully saturated rings. The van der Waals surface area contributed by atoms with Gasteiger partial charge in [-0.1, -0.05) is 0 Å². The molecule has 0 bridgehead atoms. The molecule has 0 aliphatic heterocycles. The molecule has 0 saturated carbocycles. The molecule has 2 aromatic rings. The van der Waals surface area contributed by atoms with Crippen LogP contribution in [0.1, 0.15) is 51.1 Å². The van der Waals surface area contributed by atoms with Crippen LogP contribution in [0.4, 0.5) is 5.00 Å². The maximum absolute atomic E-state index is 12.5. The summed E-state index contributed by atoms with van der Waals surface area (Å²) in [7, 11) is 0. The number of hydrogen-bond donors (Lipinski definition) is 2. The van der Waals surface area contributed by atoms with Crippen LogP contribution >= 0.6 is 11.3 Å². The molecule has 2 heterocycles. The predicted octanol–water partition coefficient (Wildman–Crippen LogP) is 2.29. The van der Waals surface area contributed by atoms with Crippen LogP contribution in [-0.4, -0.2) is 30.3 Å². The topological polar surface area (TPSA) is 115 Å². The van der Waals surface area contributed by atoms with Crippen LogP contribution in [0.15, 0.2) is 22.8 Å². The Kier molecular flexibility index (Phi) is 5.70. The second kappa shape index (κ2) is 8.17. The molecule has 8 nitrogen and oxygen atoms in total. The fraction of sp³-hybridized carbons (Fsp3) is 0.333. The average molecular weight is 390 g/mol. The zero-order valence-electron chi connectivity index (χ0n) is 14.6. The largest absolute Gasteiger partial charge is 0.459 e. The normalized spacial score (nSPS) is 12.8. The molecule has 27 heavy (non-hydrogen) atoms. The molecule has 0 aromatic carbocycles. The summed E-state index contributed by atoms with van der Waals surface area (Å²) in [5, 5.41) is 5.17. The van der Waals surface area contributed by atoms with Crippen LogP contribution in [0.25, 0.3) is 0 Å². The highest BCUT2D eigenvalue weighted by Crippen LogP contribution is 2.38. The van der Waals surface area contributed by atoms with Crippen LogP contribution in [0.5, 0.6) is 0 Å². The maximum atomic E-state index is 12.5. The van der Waals surface area contributed by atoms with E-state index < -0.39 is 24.4 Å². The van der Waals surface area contributed by atoms with E-state index in [1.54, 1.807) is 0 Å². The van der Waals surface area contributed by atoms with E-state index >= 15 is 0 Å². The fourth-order valence-corrected chi connectivity index (χ4v) is 4.19. The molecular formula is C18H18N2O6S. The third-order valence-electron chi connectivity index (χ3n) is 4.00. The predicted molar refractivity (Wildman–Crippen MR) is 96.7 cm³/mol. The first-order chi connectivity index (χ1) is 13.0. The molecule has 2 aromatic heterocycles. The van der Waals surface area contributed by atoms with Gasteiger partial charge in [-0.3, -0.25) is 19.7 Å². The number of carbonyl (C=O) groups excluding carboxylic acids is 4. The Morgan fingerprint density at radius 3 is 2.70 bits per heavy atom. The molecule has 0 radical (unpaired) electrons. The molecule has 3 rings (SSSR count). The quantitative estimate of drug-likeness (QED) is 0.757. The summed E-state index contributed by atoms with van der Waals surface area (Å²) in [5.74, 6) is -2.49. The van der Waals surface area contributed by atoms with Crippen molar-refractivity contribution in [2.45, 2.75) is 32.6 Å². The van der Waals surface area contributed by atoms with E-state index in [9.17, 15) is 19.2 Å². The number of anilines is 1. The van der Waals surface area contributed by atoms with Crippen molar-refractivity contribution in [3.63, 3.8) is 0 Å². The summed E-state index contributed by atoms with van der Waals surface area (Å²) >= 11 is 1.36. The van der Waals surface area contributed by atoms with Gasteiger partial charge < -0.3 is 14.5 Å². The van der Waals surface area contributed by atoms with Gasteiger partial charge in [-0.2, -0.15) is 0 Å². The number of amides is 3. The molecule has 1 aliphatic carbocycles. The van der Waals surface area contributed by atoms with Crippen molar-refractivity contribution < 1.29 is 28.3 Å². The summed E-state index contributed by atoms with van der Waals surface area (Å²) in [6, 6.07) is 2.93. The molecule has 9 heteroatoms. The summed E-state index contributed by atoms with van der Waals surface area (Å²) in [6.45, 7) is 0.747. The molecular weight excluding hydrogens is 372 g/mol. The summed E-state index contributed by atoms with van der Waals surface area (Å²) in [5.41, 5.74) is 1.17. The van der Waals surface area contributed by atoms with Gasteiger partial charge in [0, 0.05) is 11.8 Å². The van der Waals surface area contributed by atoms with Crippen molar-refractivity contribution in [2.75, 3.05) is 11.9 Å². The third-order valence-corrected chi connectivity index (χ3v) is 5.20. The van der Waals surface area contributed by atoms with E-state index in [1.165, 1.54) is 36.7 Å². The molecule has 3 amide bonds. The van der Waals surface area contributed by atoms with Crippen molar-refractivity contribution in [2.24, 2.45) is 0 Å². The van der Waals surface area contributed by atoms with Crippen LogP contribution < -0.4 is 10.6 Å². The highest BCUT2D eigenvalue weighted by molar-refractivity contribution is 7.17. The first kappa shape index (κ1) is 18.8. The molecule has 142 valence electrons. The number of nitrogens with one attached hydrogen (secondary N) is 2. The highest BCUT2D eigenvalue weighted by atomic mass is 32.1. The van der Waals surface area contributed by atoms with Gasteiger partial charge in [-0.05, 0) is 43.4 Å². The van der Waals surface area contributed by atoms with Crippen LogP contribution in [0.3, 0.4) is 0 Å². The maximum Gasteiger partial charge on any atom is 0.341 e. The summed E-state index contributed by atoms with van der Waals surface area (Å²) < 4.78 is 9.96. The number of rotatable bonds is 5. The monoisotopic (exact) mass is 390 g/mol. The Bertz CT molecular complexity index is 884. The zero-order valence-corrected chi connectivity index (χ0v) is 15.4. The third kappa shape index (κ3) is 4.43. The van der Waals surface area contributed by atoms with E-state index in [1.807, 2.05) is 0 Å². The lowest BCUT2D eigenvalue weighted by atomic mass is 9.95. The smallest absolute Gasteiger partial charge is 0.341 e. The van der Waals surface area contributed by atoms with Gasteiger partial charge in [-0.25, -0.2) is 4.79 Å². The molecule has 0 spiro atoms. The number of carbonyl (C=O) groups is 4. The lowest BCUT2D eigenvalue weighted by Gasteiger charge is -2.12. The Labute approximate surface area is 158 Å². The fourth-order valence-electron chi connectivity index (χ4n) is 2.87. The summed E-state index contributed by atoms with van der Waals surface area (Å²) in [4.78, 5) is 48.6. The number of esters is 1. The first-order valence-corrected chi connectivity index (χ1v) is 9.24. The number of fused-ring (bicyclic) bond motifs is 1. The molecule has 0 unspecified atom stereocenters. The van der Waals surface area contributed by atoms with Crippen molar-refractivity contribution in [1.82, 2.24) is 5.32 Å². The SMILES string of the molecule is CC(=O)Nc1sc2c(c1C(=O)OCC(=O)NC(=O)c1ccco1)CCCC2. The summed E-state index contributed by atoms with van der Waals surface area (Å²) in [6.07, 6.45) is 4.85. The van der Waals surface area contributed by atoms with Gasteiger partial charge >= 0.3 is 5.97 Å². The Morgan fingerprint density at radius 2 is 2.00 bits per heavy atom. The number of thiophene rings is 1. The molecule has 0 atom stereocenters. The van der Waals surface area contributed by atoms with Gasteiger partial charge in [0.05, 0.1) is 11.8 Å². The van der Waals surface area contributed by atoms with Crippen molar-refractivity contribution in [1.29, 1.82) is 0 Å². The first-order valence-electron chi connectivity index (χ1n) is 8.42. The Morgan fingerprint density at radius 1 is 1.22 bits per heavy atom. The van der Waals surface area contributed by atoms with Crippen molar-refractivity contribution in [3.05, 3.63) is 40.2 Å². The number of ether oxygens (including phenoxy) is 1. The minimum Gasteiger partial charge on any atom is -0.459 e. The second-order valence-electron chi connectivity index (χ2n) is 6.03. The van der Waals surface area contributed by atoms with Gasteiger partial charge in [0.2, 0.25) is 5.91 Å². The minimum atomic E-state index is -0.769. The zero-order chi connectivity index (χ0) is 19.4. The lowest BCUT2D eigenvalue weighted by molar-refractivity contribution is -0.123. The van der Waals surface area contributed by atoms with Gasteiger partial charge in [-0.15, -0.1) is 11.3 Å². The van der Waals surface area contributed by atoms with Gasteiger partial charge in [0.25, 0.3) is 11.8 Å². The van der Waals surface area contributed by atoms with Crippen molar-refractivity contribution >= 4 is 40.0 Å². The second-order valence-corrected chi connectivity index (χ2v) is 7.13. The minimum absolute atomic E-state index is 0.0190. The van der Waals surface area contributed by atoms with E-state index in [0.29, 0.717) is 10.6 Å². The van der Waals surface area contributed by atoms with Crippen LogP contribution in [0, 0.1) is 0 Å². The van der Waals surface area contributed by atoms with E-state index in [-0.39, 0.29) is 11.7 Å². The lowest BCUT2D eigenvalue weighted by Crippen LogP contribution is -2.34. The van der Waals surface area contributed by atoms with Crippen molar-refractivity contribution in [3.8, 4) is 0 Å². The average Bonchev–Trinajstić information content (AvgIpc) is 3.26. The van der Waals surface area contributed by atoms with E-state index in [0.717, 1.165) is 36.1 Å². The van der Waals surface area contributed by atoms with Crippen LogP contribution in [0.2, 0.25) is 0 Å². The van der Waals surface area contributed by atoms with E-state index in [4.69, 9.17) is 9.15 Å². The highest BCUT2D eigenvalue weighted by Gasteiger charge is 2.27. The molecule has 2 N–H and O–H groups in total. The standard InChI is InChI=1S/C18H18N2O6S/c1-10(21)19-17-15(11-5-2-3-7-13(11)27-17)18(24)26-9-14(22)20-16(23)12-6-4-8-25-12/h4,6,8H,2-3,5,7,9H2,1H3,(H,19,21)(H,20,22,23).